The highest BCUT2D eigenvalue weighted by Crippen LogP contribution is 2.36. The van der Waals surface area contributed by atoms with E-state index in [9.17, 15) is 9.90 Å². The number of benzene rings is 1. The number of hydrogen-bond acceptors (Lipinski definition) is 4. The first-order valence-electron chi connectivity index (χ1n) is 9.33. The van der Waals surface area contributed by atoms with Crippen molar-refractivity contribution >= 4 is 17.4 Å². The molecular weight excluding hydrogens is 352 g/mol. The number of methoxy groups -OCH3 is 1. The molecule has 3 N–H and O–H groups in total. The first-order chi connectivity index (χ1) is 13.0. The summed E-state index contributed by atoms with van der Waals surface area (Å²) in [5.41, 5.74) is 4.70. The van der Waals surface area contributed by atoms with Gasteiger partial charge in [0, 0.05) is 28.6 Å². The van der Waals surface area contributed by atoms with Gasteiger partial charge in [-0.3, -0.25) is 0 Å². The second-order valence-corrected chi connectivity index (χ2v) is 8.19. The number of aliphatic carboxylic acids is 1. The molecule has 1 unspecified atom stereocenters. The molecule has 0 aromatic heterocycles. The molecule has 0 bridgehead atoms. The van der Waals surface area contributed by atoms with Crippen molar-refractivity contribution < 1.29 is 14.6 Å². The first kappa shape index (κ1) is 21.5. The molecule has 0 saturated carbocycles. The maximum absolute atomic E-state index is 11.5. The molecule has 1 heterocycles. The van der Waals surface area contributed by atoms with Gasteiger partial charge < -0.3 is 20.6 Å². The first-order valence-corrected chi connectivity index (χ1v) is 9.33. The van der Waals surface area contributed by atoms with E-state index in [1.165, 1.54) is 0 Å². The van der Waals surface area contributed by atoms with Crippen molar-refractivity contribution in [3.05, 3.63) is 58.7 Å². The molecule has 0 spiro atoms. The summed E-state index contributed by atoms with van der Waals surface area (Å²) >= 11 is 0. The van der Waals surface area contributed by atoms with E-state index < -0.39 is 5.97 Å². The summed E-state index contributed by atoms with van der Waals surface area (Å²) < 4.78 is 5.50. The van der Waals surface area contributed by atoms with Crippen molar-refractivity contribution in [2.45, 2.75) is 47.1 Å². The third-order valence-electron chi connectivity index (χ3n) is 5.10. The molecule has 0 saturated heterocycles. The zero-order valence-corrected chi connectivity index (χ0v) is 17.6. The maximum atomic E-state index is 11.5. The summed E-state index contributed by atoms with van der Waals surface area (Å²) in [7, 11) is 1.59. The third kappa shape index (κ3) is 4.35. The quantitative estimate of drug-likeness (QED) is 0.396. The number of ether oxygens (including phenoxy) is 1. The van der Waals surface area contributed by atoms with E-state index in [0.717, 1.165) is 28.8 Å². The van der Waals surface area contributed by atoms with Crippen LogP contribution in [0.2, 0.25) is 0 Å². The lowest BCUT2D eigenvalue weighted by Gasteiger charge is -2.38. The number of rotatable bonds is 5. The van der Waals surface area contributed by atoms with E-state index in [2.05, 4.69) is 32.7 Å². The van der Waals surface area contributed by atoms with Gasteiger partial charge in [0.05, 0.1) is 12.7 Å². The van der Waals surface area contributed by atoms with Gasteiger partial charge in [-0.2, -0.15) is 0 Å². The molecule has 5 heteroatoms. The van der Waals surface area contributed by atoms with Crippen LogP contribution in [0.25, 0.3) is 5.70 Å². The molecule has 0 fully saturated rings. The van der Waals surface area contributed by atoms with Crippen LogP contribution in [-0.2, 0) is 11.2 Å². The lowest BCUT2D eigenvalue weighted by Crippen LogP contribution is -2.44. The summed E-state index contributed by atoms with van der Waals surface area (Å²) in [6.07, 6.45) is 4.15. The van der Waals surface area contributed by atoms with Gasteiger partial charge in [-0.1, -0.05) is 33.4 Å². The minimum atomic E-state index is -1.000. The van der Waals surface area contributed by atoms with Crippen LogP contribution in [0.5, 0.6) is 5.75 Å². The Kier molecular flexibility index (Phi) is 6.17. The second kappa shape index (κ2) is 8.05. The van der Waals surface area contributed by atoms with Gasteiger partial charge in [0.1, 0.15) is 5.75 Å². The molecule has 28 heavy (non-hydrogen) atoms. The standard InChI is InChI=1S/C23H30N2O3/c1-8-16(22(26)27)13(2)9-19-18-12-20(28-7)17(14(3)24)10-15(18)11-21(25-19)23(4,5)6/h8-10,12,21,24-25H,2,11H2,1,3-7H3,(H,26,27)/b16-8+,19-9-,24-14?. The zero-order valence-electron chi connectivity index (χ0n) is 17.6. The average Bonchev–Trinajstić information content (AvgIpc) is 2.59. The molecule has 150 valence electrons. The minimum Gasteiger partial charge on any atom is -0.496 e. The van der Waals surface area contributed by atoms with Gasteiger partial charge in [-0.25, -0.2) is 4.79 Å². The molecule has 5 nitrogen and oxygen atoms in total. The monoisotopic (exact) mass is 382 g/mol. The maximum Gasteiger partial charge on any atom is 0.335 e. The van der Waals surface area contributed by atoms with Crippen molar-refractivity contribution in [2.24, 2.45) is 5.41 Å². The topological polar surface area (TPSA) is 82.4 Å². The van der Waals surface area contributed by atoms with Crippen LogP contribution < -0.4 is 10.1 Å². The summed E-state index contributed by atoms with van der Waals surface area (Å²) in [6, 6.07) is 4.09. The van der Waals surface area contributed by atoms with E-state index in [1.54, 1.807) is 33.1 Å². The van der Waals surface area contributed by atoms with Crippen LogP contribution in [0.1, 0.15) is 51.3 Å². The summed E-state index contributed by atoms with van der Waals surface area (Å²) in [4.78, 5) is 11.5. The Labute approximate surface area is 167 Å². The Morgan fingerprint density at radius 1 is 1.39 bits per heavy atom. The molecule has 1 atom stereocenters. The van der Waals surface area contributed by atoms with E-state index >= 15 is 0 Å². The number of allylic oxidation sites excluding steroid dienone is 2. The van der Waals surface area contributed by atoms with Gasteiger partial charge in [0.15, 0.2) is 0 Å². The van der Waals surface area contributed by atoms with Crippen molar-refractivity contribution in [1.82, 2.24) is 5.32 Å². The molecule has 2 rings (SSSR count). The average molecular weight is 383 g/mol. The summed E-state index contributed by atoms with van der Waals surface area (Å²) in [5.74, 6) is -0.372. The second-order valence-electron chi connectivity index (χ2n) is 8.19. The van der Waals surface area contributed by atoms with Crippen LogP contribution in [-0.4, -0.2) is 29.9 Å². The Morgan fingerprint density at radius 3 is 2.50 bits per heavy atom. The van der Waals surface area contributed by atoms with E-state index in [-0.39, 0.29) is 17.0 Å². The summed E-state index contributed by atoms with van der Waals surface area (Å²) in [5, 5.41) is 21.0. The molecule has 1 aliphatic rings. The molecule has 0 aliphatic carbocycles. The number of fused-ring (bicyclic) bond motifs is 1. The van der Waals surface area contributed by atoms with Gasteiger partial charge >= 0.3 is 5.97 Å². The Bertz CT molecular complexity index is 886. The number of carboxylic acids is 1. The van der Waals surface area contributed by atoms with E-state index in [0.29, 0.717) is 17.0 Å². The molecule has 1 aliphatic heterocycles. The molecule has 0 amide bonds. The largest absolute Gasteiger partial charge is 0.496 e. The van der Waals surface area contributed by atoms with Crippen molar-refractivity contribution in [3.8, 4) is 5.75 Å². The molecule has 0 radical (unpaired) electrons. The van der Waals surface area contributed by atoms with Crippen molar-refractivity contribution in [3.63, 3.8) is 0 Å². The number of carbonyl (C=O) groups is 1. The Balaban J connectivity index is 2.66. The van der Waals surface area contributed by atoms with Gasteiger partial charge in [0.25, 0.3) is 0 Å². The van der Waals surface area contributed by atoms with Gasteiger partial charge in [-0.05, 0) is 55.0 Å². The van der Waals surface area contributed by atoms with Gasteiger partial charge in [0.2, 0.25) is 0 Å². The zero-order chi connectivity index (χ0) is 21.2. The van der Waals surface area contributed by atoms with Gasteiger partial charge in [-0.15, -0.1) is 0 Å². The SMILES string of the molecule is C=C(/C=C1\NC(C(C)(C)C)Cc2cc(C(C)=N)c(OC)cc21)/C(=C\C)C(=O)O. The highest BCUT2D eigenvalue weighted by molar-refractivity contribution is 6.00. The van der Waals surface area contributed by atoms with E-state index in [4.69, 9.17) is 10.1 Å². The number of nitrogens with one attached hydrogen (secondary N) is 2. The highest BCUT2D eigenvalue weighted by Gasteiger charge is 2.31. The van der Waals surface area contributed by atoms with Crippen LogP contribution in [0.4, 0.5) is 0 Å². The van der Waals surface area contributed by atoms with E-state index in [1.807, 2.05) is 12.1 Å². The van der Waals surface area contributed by atoms with Crippen LogP contribution in [0, 0.1) is 10.8 Å². The Hall–Kier alpha value is -2.82. The number of carboxylic acid groups (broad SMARTS) is 1. The fraction of sp³-hybridized carbons (Fsp3) is 0.391. The smallest absolute Gasteiger partial charge is 0.335 e. The summed E-state index contributed by atoms with van der Waals surface area (Å²) in [6.45, 7) is 13.9. The van der Waals surface area contributed by atoms with Crippen molar-refractivity contribution in [1.29, 1.82) is 5.41 Å². The fourth-order valence-corrected chi connectivity index (χ4v) is 3.38. The minimum absolute atomic E-state index is 0.00580. The van der Waals surface area contributed by atoms with Crippen LogP contribution in [0.3, 0.4) is 0 Å². The normalized spacial score (nSPS) is 18.3. The fourth-order valence-electron chi connectivity index (χ4n) is 3.38. The number of hydrogen-bond donors (Lipinski definition) is 3. The third-order valence-corrected chi connectivity index (χ3v) is 5.10. The molecule has 1 aromatic carbocycles. The predicted octanol–water partition coefficient (Wildman–Crippen LogP) is 4.57. The predicted molar refractivity (Wildman–Crippen MR) is 114 cm³/mol. The van der Waals surface area contributed by atoms with Crippen LogP contribution >= 0.6 is 0 Å². The molecular formula is C23H30N2O3. The highest BCUT2D eigenvalue weighted by atomic mass is 16.5. The molecule has 1 aromatic rings. The lowest BCUT2D eigenvalue weighted by molar-refractivity contribution is -0.132. The Morgan fingerprint density at radius 2 is 2.04 bits per heavy atom. The lowest BCUT2D eigenvalue weighted by atomic mass is 9.78. The van der Waals surface area contributed by atoms with Crippen molar-refractivity contribution in [2.75, 3.05) is 7.11 Å². The van der Waals surface area contributed by atoms with Crippen LogP contribution in [0.15, 0.2) is 42.0 Å².